The Morgan fingerprint density at radius 2 is 1.30 bits per heavy atom. The maximum atomic E-state index is 10.2. The Kier molecular flexibility index (Phi) is 27.5. The zero-order valence-electron chi connectivity index (χ0n) is 15.0. The minimum absolute atomic E-state index is 0. The maximum Gasteiger partial charge on any atom is 1.00 e. The van der Waals surface area contributed by atoms with Crippen LogP contribution in [-0.2, 0) is 23.5 Å². The molecular formula is C14H27NaO6S2. The van der Waals surface area contributed by atoms with Crippen molar-refractivity contribution >= 4 is 37.3 Å². The Labute approximate surface area is 166 Å². The summed E-state index contributed by atoms with van der Waals surface area (Å²) in [5.74, 6) is 0.0185. The molecule has 9 heteroatoms. The van der Waals surface area contributed by atoms with Crippen LogP contribution in [0.15, 0.2) is 0 Å². The molecule has 6 nitrogen and oxygen atoms in total. The molecule has 0 radical (unpaired) electrons. The molecule has 0 N–H and O–H groups in total. The van der Waals surface area contributed by atoms with Crippen LogP contribution >= 0.6 is 10.8 Å². The predicted molar refractivity (Wildman–Crippen MR) is 88.6 cm³/mol. The summed E-state index contributed by atoms with van der Waals surface area (Å²) in [4.78, 5) is 30.3. The van der Waals surface area contributed by atoms with Crippen molar-refractivity contribution in [3.05, 3.63) is 0 Å². The molecule has 0 bridgehead atoms. The first kappa shape index (κ1) is 31.1. The van der Waals surface area contributed by atoms with Gasteiger partial charge in [0.2, 0.25) is 0 Å². The van der Waals surface area contributed by atoms with Gasteiger partial charge in [-0.05, 0) is 44.4 Å². The summed E-state index contributed by atoms with van der Waals surface area (Å²) in [5, 5.41) is 0. The quantitative estimate of drug-likeness (QED) is 0.330. The molecule has 132 valence electrons. The van der Waals surface area contributed by atoms with E-state index in [1.165, 1.54) is 6.92 Å². The van der Waals surface area contributed by atoms with E-state index in [9.17, 15) is 27.4 Å². The van der Waals surface area contributed by atoms with Crippen molar-refractivity contribution < 1.29 is 56.9 Å². The van der Waals surface area contributed by atoms with Gasteiger partial charge in [-0.2, -0.15) is 0 Å². The molecule has 0 spiro atoms. The van der Waals surface area contributed by atoms with Crippen LogP contribution in [-0.4, -0.2) is 36.1 Å². The van der Waals surface area contributed by atoms with Crippen LogP contribution in [0.5, 0.6) is 0 Å². The second-order valence-electron chi connectivity index (χ2n) is 4.63. The van der Waals surface area contributed by atoms with Crippen LogP contribution in [0.25, 0.3) is 0 Å². The predicted octanol–water partition coefficient (Wildman–Crippen LogP) is -0.0861. The first-order chi connectivity index (χ1) is 9.96. The molecule has 0 amide bonds. The largest absolute Gasteiger partial charge is 1.00 e. The molecule has 23 heavy (non-hydrogen) atoms. The van der Waals surface area contributed by atoms with Gasteiger partial charge in [0.25, 0.3) is 0 Å². The molecule has 0 fully saturated rings. The summed E-state index contributed by atoms with van der Waals surface area (Å²) in [6.45, 7) is 8.56. The monoisotopic (exact) mass is 378 g/mol. The number of ketones is 3. The van der Waals surface area contributed by atoms with Crippen LogP contribution in [0.1, 0.15) is 66.7 Å². The molecule has 0 aromatic rings. The van der Waals surface area contributed by atoms with E-state index in [0.717, 1.165) is 32.1 Å². The van der Waals surface area contributed by atoms with Gasteiger partial charge in [0.15, 0.2) is 0 Å². The van der Waals surface area contributed by atoms with Crippen LogP contribution in [0.4, 0.5) is 0 Å². The molecule has 0 aromatic heterocycles. The number of carbonyl (C=O) groups is 3. The number of hydrogen-bond donors (Lipinski definition) is 0. The van der Waals surface area contributed by atoms with Crippen molar-refractivity contribution in [1.29, 1.82) is 0 Å². The van der Waals surface area contributed by atoms with Gasteiger partial charge in [-0.15, -0.1) is 0 Å². The molecule has 0 unspecified atom stereocenters. The number of rotatable bonds is 8. The Morgan fingerprint density at radius 1 is 0.870 bits per heavy atom. The SMILES string of the molecule is CC(=O)CSS(=O)(=O)[O-].CCCC(C)=O.CCCCC(C)=O.[Na+]. The summed E-state index contributed by atoms with van der Waals surface area (Å²) in [5.41, 5.74) is 0. The molecule has 0 aromatic carbocycles. The van der Waals surface area contributed by atoms with Gasteiger partial charge in [0, 0.05) is 12.8 Å². The summed E-state index contributed by atoms with van der Waals surface area (Å²) < 4.78 is 29.4. The van der Waals surface area contributed by atoms with E-state index >= 15 is 0 Å². The second-order valence-corrected chi connectivity index (χ2v) is 7.90. The van der Waals surface area contributed by atoms with Crippen molar-refractivity contribution in [2.75, 3.05) is 5.75 Å². The standard InChI is InChI=1S/C6H12O.C5H10O.C3H6O4S2.Na/c1-3-4-5-6(2)7;1-3-4-5(2)6;1-3(4)2-8-9(5,6)7;/h3-5H2,1-2H3;3-4H2,1-2H3;2H2,1H3,(H,5,6,7);/q;;;+1/p-1. The molecule has 0 heterocycles. The summed E-state index contributed by atoms with van der Waals surface area (Å²) in [6.07, 6.45) is 4.65. The van der Waals surface area contributed by atoms with Crippen molar-refractivity contribution in [2.45, 2.75) is 66.7 Å². The fourth-order valence-corrected chi connectivity index (χ4v) is 2.17. The van der Waals surface area contributed by atoms with Gasteiger partial charge in [-0.1, -0.05) is 20.3 Å². The van der Waals surface area contributed by atoms with E-state index in [1.54, 1.807) is 13.8 Å². The van der Waals surface area contributed by atoms with Crippen LogP contribution in [0.3, 0.4) is 0 Å². The third-order valence-electron chi connectivity index (χ3n) is 1.89. The van der Waals surface area contributed by atoms with Crippen molar-refractivity contribution in [1.82, 2.24) is 0 Å². The number of unbranched alkanes of at least 4 members (excludes halogenated alkanes) is 1. The average Bonchev–Trinajstić information content (AvgIpc) is 2.34. The summed E-state index contributed by atoms with van der Waals surface area (Å²) in [7, 11) is -4.16. The molecule has 0 aliphatic heterocycles. The Morgan fingerprint density at radius 3 is 1.39 bits per heavy atom. The summed E-state index contributed by atoms with van der Waals surface area (Å²) >= 11 is 0. The number of hydrogen-bond acceptors (Lipinski definition) is 7. The van der Waals surface area contributed by atoms with Crippen LogP contribution in [0, 0.1) is 0 Å². The summed E-state index contributed by atoms with van der Waals surface area (Å²) in [6, 6.07) is 0. The first-order valence-corrected chi connectivity index (χ1v) is 9.95. The zero-order chi connectivity index (χ0) is 18.2. The maximum absolute atomic E-state index is 10.2. The molecule has 0 atom stereocenters. The van der Waals surface area contributed by atoms with Gasteiger partial charge in [-0.3, -0.25) is 4.79 Å². The van der Waals surface area contributed by atoms with Gasteiger partial charge in [0.05, 0.1) is 5.75 Å². The Hall–Kier alpha value is 0.270. The van der Waals surface area contributed by atoms with Crippen molar-refractivity contribution in [3.63, 3.8) is 0 Å². The van der Waals surface area contributed by atoms with Gasteiger partial charge in [-0.25, -0.2) is 8.42 Å². The number of carbonyl (C=O) groups excluding carboxylic acids is 3. The average molecular weight is 378 g/mol. The molecule has 0 rings (SSSR count). The van der Waals surface area contributed by atoms with E-state index in [-0.39, 0.29) is 57.7 Å². The second kappa shape index (κ2) is 20.3. The first-order valence-electron chi connectivity index (χ1n) is 7.04. The van der Waals surface area contributed by atoms with E-state index in [4.69, 9.17) is 0 Å². The number of Topliss-reactive ketones (excluding diaryl/α,β-unsaturated/α-hetero) is 3. The fraction of sp³-hybridized carbons (Fsp3) is 0.786. The minimum atomic E-state index is -4.27. The molecule has 0 saturated heterocycles. The van der Waals surface area contributed by atoms with E-state index in [0.29, 0.717) is 5.78 Å². The Bertz CT molecular complexity index is 421. The molecule has 0 aliphatic rings. The smallest absolute Gasteiger partial charge is 0.739 e. The normalized spacial score (nSPS) is 9.30. The fourth-order valence-electron chi connectivity index (χ4n) is 0.933. The molecule has 0 aliphatic carbocycles. The van der Waals surface area contributed by atoms with Crippen LogP contribution in [0.2, 0.25) is 0 Å². The van der Waals surface area contributed by atoms with E-state index < -0.39 is 9.15 Å². The van der Waals surface area contributed by atoms with Gasteiger partial charge in [0.1, 0.15) is 26.5 Å². The Balaban J connectivity index is -0.000000118. The van der Waals surface area contributed by atoms with Gasteiger partial charge >= 0.3 is 29.6 Å². The van der Waals surface area contributed by atoms with Crippen molar-refractivity contribution in [2.24, 2.45) is 0 Å². The molecular weight excluding hydrogens is 351 g/mol. The topological polar surface area (TPSA) is 108 Å². The van der Waals surface area contributed by atoms with Crippen LogP contribution < -0.4 is 29.6 Å². The van der Waals surface area contributed by atoms with E-state index in [2.05, 4.69) is 6.92 Å². The minimum Gasteiger partial charge on any atom is -0.739 e. The van der Waals surface area contributed by atoms with Gasteiger partial charge < -0.3 is 14.1 Å². The third-order valence-corrected chi connectivity index (χ3v) is 3.92. The van der Waals surface area contributed by atoms with Crippen molar-refractivity contribution in [3.8, 4) is 0 Å². The van der Waals surface area contributed by atoms with E-state index in [1.807, 2.05) is 6.92 Å². The molecule has 0 saturated carbocycles. The third kappa shape index (κ3) is 52.0. The zero-order valence-corrected chi connectivity index (χ0v) is 18.6.